The highest BCUT2D eigenvalue weighted by atomic mass is 35.5. The quantitative estimate of drug-likeness (QED) is 0.898. The number of methoxy groups -OCH3 is 1. The molecule has 0 aliphatic heterocycles. The molecule has 100 valence electrons. The van der Waals surface area contributed by atoms with Gasteiger partial charge in [0.15, 0.2) is 5.82 Å². The molecule has 4 nitrogen and oxygen atoms in total. The van der Waals surface area contributed by atoms with Crippen molar-refractivity contribution in [1.29, 1.82) is 0 Å². The second kappa shape index (κ2) is 5.55. The number of nitrogens with zero attached hydrogens (tertiary/aromatic N) is 1. The summed E-state index contributed by atoms with van der Waals surface area (Å²) in [5.74, 6) is 1.49. The van der Waals surface area contributed by atoms with Crippen molar-refractivity contribution in [3.8, 4) is 5.75 Å². The minimum atomic E-state index is 0.236. The van der Waals surface area contributed by atoms with Crippen LogP contribution in [0.15, 0.2) is 24.3 Å². The molecule has 0 unspecified atom stereocenters. The average molecular weight is 298 g/mol. The zero-order valence-electron chi connectivity index (χ0n) is 10.5. The molecule has 0 amide bonds. The molecular weight excluding hydrogens is 285 g/mol. The largest absolute Gasteiger partial charge is 0.497 e. The monoisotopic (exact) mass is 297 g/mol. The lowest BCUT2D eigenvalue weighted by atomic mass is 10.2. The van der Waals surface area contributed by atoms with E-state index < -0.39 is 0 Å². The van der Waals surface area contributed by atoms with Crippen LogP contribution in [-0.4, -0.2) is 12.1 Å². The molecule has 0 radical (unpaired) electrons. The van der Waals surface area contributed by atoms with Gasteiger partial charge in [0.1, 0.15) is 11.6 Å². The molecule has 6 heteroatoms. The highest BCUT2D eigenvalue weighted by molar-refractivity contribution is 6.37. The topological polar surface area (TPSA) is 60.2 Å². The molecule has 1 aromatic carbocycles. The Balaban J connectivity index is 2.33. The minimum absolute atomic E-state index is 0.236. The Morgan fingerprint density at radius 3 is 2.58 bits per heavy atom. The third-order valence-corrected chi connectivity index (χ3v) is 3.23. The van der Waals surface area contributed by atoms with Crippen LogP contribution in [-0.2, 0) is 0 Å². The third-order valence-electron chi connectivity index (χ3n) is 2.64. The van der Waals surface area contributed by atoms with Crippen LogP contribution in [0, 0.1) is 6.92 Å². The van der Waals surface area contributed by atoms with Gasteiger partial charge in [-0.15, -0.1) is 0 Å². The van der Waals surface area contributed by atoms with Crippen LogP contribution >= 0.6 is 23.2 Å². The standard InChI is InChI=1S/C13H13Cl2N3O/c1-7-5-8(19-2)3-4-11(7)17-13-10(15)6-9(14)12(16)18-13/h3-6H,1-2H3,(H3,16,17,18). The second-order valence-electron chi connectivity index (χ2n) is 3.99. The van der Waals surface area contributed by atoms with Crippen LogP contribution in [0.5, 0.6) is 5.75 Å². The molecule has 1 heterocycles. The second-order valence-corrected chi connectivity index (χ2v) is 4.81. The molecule has 3 N–H and O–H groups in total. The van der Waals surface area contributed by atoms with Crippen LogP contribution < -0.4 is 15.8 Å². The number of hydrogen-bond acceptors (Lipinski definition) is 4. The Morgan fingerprint density at radius 1 is 1.21 bits per heavy atom. The summed E-state index contributed by atoms with van der Waals surface area (Å²) in [6, 6.07) is 7.21. The maximum Gasteiger partial charge on any atom is 0.151 e. The smallest absolute Gasteiger partial charge is 0.151 e. The lowest BCUT2D eigenvalue weighted by Gasteiger charge is -2.12. The molecule has 0 fully saturated rings. The molecule has 0 saturated carbocycles. The maximum absolute atomic E-state index is 6.07. The highest BCUT2D eigenvalue weighted by Crippen LogP contribution is 2.31. The molecule has 0 saturated heterocycles. The molecule has 2 rings (SSSR count). The predicted molar refractivity (Wildman–Crippen MR) is 79.7 cm³/mol. The number of benzene rings is 1. The van der Waals surface area contributed by atoms with Gasteiger partial charge in [-0.1, -0.05) is 23.2 Å². The van der Waals surface area contributed by atoms with Crippen molar-refractivity contribution in [1.82, 2.24) is 4.98 Å². The zero-order valence-corrected chi connectivity index (χ0v) is 12.0. The van der Waals surface area contributed by atoms with E-state index in [2.05, 4.69) is 10.3 Å². The van der Waals surface area contributed by atoms with Crippen molar-refractivity contribution < 1.29 is 4.74 Å². The molecule has 0 atom stereocenters. The lowest BCUT2D eigenvalue weighted by Crippen LogP contribution is -2.00. The summed E-state index contributed by atoms with van der Waals surface area (Å²) in [4.78, 5) is 4.12. The fourth-order valence-corrected chi connectivity index (χ4v) is 2.01. The number of nitrogens with one attached hydrogen (secondary N) is 1. The van der Waals surface area contributed by atoms with Crippen molar-refractivity contribution in [2.75, 3.05) is 18.2 Å². The number of ether oxygens (including phenoxy) is 1. The number of nitrogens with two attached hydrogens (primary N) is 1. The number of pyridine rings is 1. The van der Waals surface area contributed by atoms with Crippen LogP contribution in [0.3, 0.4) is 0 Å². The Kier molecular flexibility index (Phi) is 4.02. The van der Waals surface area contributed by atoms with E-state index in [4.69, 9.17) is 33.7 Å². The van der Waals surface area contributed by atoms with Gasteiger partial charge in [0, 0.05) is 5.69 Å². The van der Waals surface area contributed by atoms with E-state index in [9.17, 15) is 0 Å². The van der Waals surface area contributed by atoms with Crippen LogP contribution in [0.4, 0.5) is 17.3 Å². The third kappa shape index (κ3) is 3.03. The van der Waals surface area contributed by atoms with Gasteiger partial charge in [0.05, 0.1) is 17.2 Å². The molecule has 0 spiro atoms. The van der Waals surface area contributed by atoms with E-state index in [1.54, 1.807) is 13.2 Å². The fraction of sp³-hybridized carbons (Fsp3) is 0.154. The van der Waals surface area contributed by atoms with Crippen molar-refractivity contribution in [3.63, 3.8) is 0 Å². The number of aryl methyl sites for hydroxylation is 1. The summed E-state index contributed by atoms with van der Waals surface area (Å²) in [5.41, 5.74) is 7.54. The van der Waals surface area contributed by atoms with E-state index in [-0.39, 0.29) is 5.82 Å². The first-order valence-corrected chi connectivity index (χ1v) is 6.30. The highest BCUT2D eigenvalue weighted by Gasteiger charge is 2.09. The average Bonchev–Trinajstić information content (AvgIpc) is 2.38. The number of aromatic nitrogens is 1. The number of hydrogen-bond donors (Lipinski definition) is 2. The summed E-state index contributed by atoms with van der Waals surface area (Å²) in [6.07, 6.45) is 0. The lowest BCUT2D eigenvalue weighted by molar-refractivity contribution is 0.414. The van der Waals surface area contributed by atoms with Crippen molar-refractivity contribution in [2.24, 2.45) is 0 Å². The predicted octanol–water partition coefficient (Wildman–Crippen LogP) is 4.03. The Morgan fingerprint density at radius 2 is 1.95 bits per heavy atom. The number of nitrogen functional groups attached to an aromatic ring is 1. The first-order chi connectivity index (χ1) is 9.01. The molecule has 0 aliphatic rings. The summed E-state index contributed by atoms with van der Waals surface area (Å²) in [5, 5.41) is 3.87. The van der Waals surface area contributed by atoms with Gasteiger partial charge < -0.3 is 15.8 Å². The number of rotatable bonds is 3. The van der Waals surface area contributed by atoms with E-state index in [0.717, 1.165) is 17.0 Å². The fourth-order valence-electron chi connectivity index (χ4n) is 1.60. The van der Waals surface area contributed by atoms with Gasteiger partial charge in [-0.05, 0) is 36.8 Å². The molecule has 2 aromatic rings. The molecule has 0 bridgehead atoms. The molecule has 1 aromatic heterocycles. The summed E-state index contributed by atoms with van der Waals surface area (Å²) < 4.78 is 5.15. The Bertz CT molecular complexity index is 617. The SMILES string of the molecule is COc1ccc(Nc2nc(N)c(Cl)cc2Cl)c(C)c1. The van der Waals surface area contributed by atoms with Crippen LogP contribution in [0.1, 0.15) is 5.56 Å². The maximum atomic E-state index is 6.07. The van der Waals surface area contributed by atoms with E-state index in [1.807, 2.05) is 25.1 Å². The van der Waals surface area contributed by atoms with Gasteiger partial charge in [-0.25, -0.2) is 4.98 Å². The molecular formula is C13H13Cl2N3O. The van der Waals surface area contributed by atoms with Crippen LogP contribution in [0.2, 0.25) is 10.0 Å². The van der Waals surface area contributed by atoms with Crippen LogP contribution in [0.25, 0.3) is 0 Å². The summed E-state index contributed by atoms with van der Waals surface area (Å²) in [6.45, 7) is 1.96. The van der Waals surface area contributed by atoms with Crippen molar-refractivity contribution >= 4 is 40.5 Å². The first kappa shape index (κ1) is 13.8. The number of anilines is 3. The summed E-state index contributed by atoms with van der Waals surface area (Å²) in [7, 11) is 1.63. The zero-order chi connectivity index (χ0) is 14.0. The normalized spacial score (nSPS) is 10.3. The van der Waals surface area contributed by atoms with Gasteiger partial charge in [0.25, 0.3) is 0 Å². The van der Waals surface area contributed by atoms with E-state index in [0.29, 0.717) is 15.9 Å². The van der Waals surface area contributed by atoms with E-state index >= 15 is 0 Å². The van der Waals surface area contributed by atoms with E-state index in [1.165, 1.54) is 0 Å². The van der Waals surface area contributed by atoms with Gasteiger partial charge >= 0.3 is 0 Å². The summed E-state index contributed by atoms with van der Waals surface area (Å²) >= 11 is 11.9. The Labute approximate surface area is 121 Å². The van der Waals surface area contributed by atoms with Gasteiger partial charge in [-0.2, -0.15) is 0 Å². The molecule has 19 heavy (non-hydrogen) atoms. The minimum Gasteiger partial charge on any atom is -0.497 e. The van der Waals surface area contributed by atoms with Crippen molar-refractivity contribution in [2.45, 2.75) is 6.92 Å². The van der Waals surface area contributed by atoms with Gasteiger partial charge in [0.2, 0.25) is 0 Å². The first-order valence-electron chi connectivity index (χ1n) is 5.54. The van der Waals surface area contributed by atoms with Crippen molar-refractivity contribution in [3.05, 3.63) is 39.9 Å². The number of halogens is 2. The van der Waals surface area contributed by atoms with Gasteiger partial charge in [-0.3, -0.25) is 0 Å². The molecule has 0 aliphatic carbocycles. The Hall–Kier alpha value is -1.65.